The third-order valence-corrected chi connectivity index (χ3v) is 5.26. The maximum Gasteiger partial charge on any atom is 0.0314 e. The van der Waals surface area contributed by atoms with E-state index in [1.54, 1.807) is 0 Å². The van der Waals surface area contributed by atoms with Crippen molar-refractivity contribution in [1.82, 2.24) is 5.32 Å². The molecular weight excluding hydrogens is 306 g/mol. The number of thiophene rings is 1. The molecule has 1 unspecified atom stereocenters. The highest BCUT2D eigenvalue weighted by Crippen LogP contribution is 2.27. The van der Waals surface area contributed by atoms with E-state index in [-0.39, 0.29) is 0 Å². The molecule has 0 aliphatic rings. The number of hydrogen-bond donors (Lipinski definition) is 1. The van der Waals surface area contributed by atoms with E-state index < -0.39 is 0 Å². The van der Waals surface area contributed by atoms with Crippen LogP contribution in [0.4, 0.5) is 0 Å². The van der Waals surface area contributed by atoms with Crippen LogP contribution >= 0.6 is 27.3 Å². The molecule has 0 amide bonds. The summed E-state index contributed by atoms with van der Waals surface area (Å²) >= 11 is 5.47. The highest BCUT2D eigenvalue weighted by atomic mass is 79.9. The van der Waals surface area contributed by atoms with Crippen LogP contribution in [0.15, 0.2) is 15.9 Å². The molecule has 0 fully saturated rings. The zero-order chi connectivity index (χ0) is 13.6. The smallest absolute Gasteiger partial charge is 0.0314 e. The van der Waals surface area contributed by atoms with Gasteiger partial charge in [0.25, 0.3) is 0 Å². The van der Waals surface area contributed by atoms with E-state index in [1.807, 2.05) is 11.3 Å². The first kappa shape index (κ1) is 16.2. The average molecular weight is 332 g/mol. The van der Waals surface area contributed by atoms with Gasteiger partial charge in [-0.1, -0.05) is 27.7 Å². The van der Waals surface area contributed by atoms with E-state index in [0.29, 0.717) is 11.5 Å². The second-order valence-electron chi connectivity index (χ2n) is 5.96. The Morgan fingerprint density at radius 1 is 1.39 bits per heavy atom. The first-order valence-corrected chi connectivity index (χ1v) is 8.57. The van der Waals surface area contributed by atoms with Crippen LogP contribution in [-0.4, -0.2) is 12.6 Å². The lowest BCUT2D eigenvalue weighted by Gasteiger charge is -2.31. The zero-order valence-corrected chi connectivity index (χ0v) is 14.5. The van der Waals surface area contributed by atoms with Gasteiger partial charge in [-0.2, -0.15) is 0 Å². The van der Waals surface area contributed by atoms with Crippen LogP contribution in [0.5, 0.6) is 0 Å². The Morgan fingerprint density at radius 2 is 2.11 bits per heavy atom. The number of aryl methyl sites for hydroxylation is 1. The van der Waals surface area contributed by atoms with Gasteiger partial charge in [0.1, 0.15) is 0 Å². The topological polar surface area (TPSA) is 12.0 Å². The minimum atomic E-state index is 0.349. The maximum atomic E-state index is 3.70. The molecule has 1 N–H and O–H groups in total. The van der Waals surface area contributed by atoms with Crippen molar-refractivity contribution in [1.29, 1.82) is 0 Å². The molecule has 3 heteroatoms. The summed E-state index contributed by atoms with van der Waals surface area (Å²) in [5, 5.41) is 5.86. The third-order valence-electron chi connectivity index (χ3n) is 3.27. The Labute approximate surface area is 125 Å². The molecule has 1 aromatic heterocycles. The summed E-state index contributed by atoms with van der Waals surface area (Å²) in [6, 6.07) is 2.77. The molecule has 0 aliphatic heterocycles. The van der Waals surface area contributed by atoms with Gasteiger partial charge in [0, 0.05) is 15.4 Å². The molecule has 1 heterocycles. The fraction of sp³-hybridized carbons (Fsp3) is 0.733. The van der Waals surface area contributed by atoms with Gasteiger partial charge in [0.05, 0.1) is 0 Å². The molecular formula is C15H26BrNS. The van der Waals surface area contributed by atoms with Gasteiger partial charge in [-0.25, -0.2) is 0 Å². The summed E-state index contributed by atoms with van der Waals surface area (Å²) in [5.74, 6) is 0. The molecule has 1 atom stereocenters. The summed E-state index contributed by atoms with van der Waals surface area (Å²) in [7, 11) is 0. The quantitative estimate of drug-likeness (QED) is 0.719. The van der Waals surface area contributed by atoms with Crippen LogP contribution in [0.2, 0.25) is 0 Å². The maximum absolute atomic E-state index is 3.70. The summed E-state index contributed by atoms with van der Waals surface area (Å²) in [6.45, 7) is 10.4. The molecule has 1 rings (SSSR count). The Kier molecular flexibility index (Phi) is 6.89. The molecule has 0 aromatic carbocycles. The molecule has 0 aliphatic carbocycles. The Hall–Kier alpha value is 0.140. The summed E-state index contributed by atoms with van der Waals surface area (Å²) < 4.78 is 1.28. The molecule has 0 saturated heterocycles. The Bertz CT molecular complexity index is 341. The van der Waals surface area contributed by atoms with Crippen LogP contribution in [0.1, 0.15) is 51.8 Å². The molecule has 0 spiro atoms. The summed E-state index contributed by atoms with van der Waals surface area (Å²) in [4.78, 5) is 1.48. The first-order chi connectivity index (χ1) is 8.45. The Balaban J connectivity index is 2.40. The fourth-order valence-electron chi connectivity index (χ4n) is 2.13. The van der Waals surface area contributed by atoms with Crippen LogP contribution in [0.25, 0.3) is 0 Å². The first-order valence-electron chi connectivity index (χ1n) is 6.90. The molecule has 18 heavy (non-hydrogen) atoms. The van der Waals surface area contributed by atoms with Gasteiger partial charge < -0.3 is 5.32 Å². The predicted octanol–water partition coefficient (Wildman–Crippen LogP) is 5.25. The molecule has 0 bridgehead atoms. The van der Waals surface area contributed by atoms with Crippen molar-refractivity contribution in [3.05, 3.63) is 20.8 Å². The molecule has 1 aromatic rings. The van der Waals surface area contributed by atoms with Crippen molar-refractivity contribution in [2.45, 2.75) is 59.4 Å². The SMILES string of the molecule is CCCNC(CCCc1sccc1Br)C(C)(C)C. The monoisotopic (exact) mass is 331 g/mol. The van der Waals surface area contributed by atoms with E-state index in [4.69, 9.17) is 0 Å². The second kappa shape index (κ2) is 7.66. The van der Waals surface area contributed by atoms with Crippen LogP contribution in [0, 0.1) is 5.41 Å². The standard InChI is InChI=1S/C15H26BrNS/c1-5-10-17-14(15(2,3)4)8-6-7-13-12(16)9-11-18-13/h9,11,14,17H,5-8,10H2,1-4H3. The van der Waals surface area contributed by atoms with Crippen LogP contribution in [0.3, 0.4) is 0 Å². The minimum absolute atomic E-state index is 0.349. The van der Waals surface area contributed by atoms with Gasteiger partial charge in [-0.15, -0.1) is 11.3 Å². The van der Waals surface area contributed by atoms with Crippen molar-refractivity contribution in [3.8, 4) is 0 Å². The minimum Gasteiger partial charge on any atom is -0.313 e. The summed E-state index contributed by atoms with van der Waals surface area (Å²) in [6.07, 6.45) is 4.92. The molecule has 0 saturated carbocycles. The fourth-order valence-corrected chi connectivity index (χ4v) is 3.73. The van der Waals surface area contributed by atoms with Gasteiger partial charge >= 0.3 is 0 Å². The lowest BCUT2D eigenvalue weighted by molar-refractivity contribution is 0.251. The zero-order valence-electron chi connectivity index (χ0n) is 12.1. The van der Waals surface area contributed by atoms with E-state index in [1.165, 1.54) is 35.0 Å². The van der Waals surface area contributed by atoms with Crippen LogP contribution < -0.4 is 5.32 Å². The van der Waals surface area contributed by atoms with Crippen LogP contribution in [-0.2, 0) is 6.42 Å². The highest BCUT2D eigenvalue weighted by Gasteiger charge is 2.23. The molecule has 1 nitrogen and oxygen atoms in total. The molecule has 104 valence electrons. The van der Waals surface area contributed by atoms with Gasteiger partial charge in [-0.3, -0.25) is 0 Å². The third kappa shape index (κ3) is 5.41. The average Bonchev–Trinajstić information content (AvgIpc) is 2.67. The van der Waals surface area contributed by atoms with Gasteiger partial charge in [-0.05, 0) is 65.0 Å². The highest BCUT2D eigenvalue weighted by molar-refractivity contribution is 9.10. The number of hydrogen-bond acceptors (Lipinski definition) is 2. The lowest BCUT2D eigenvalue weighted by Crippen LogP contribution is -2.40. The van der Waals surface area contributed by atoms with Gasteiger partial charge in [0.2, 0.25) is 0 Å². The summed E-state index contributed by atoms with van der Waals surface area (Å²) in [5.41, 5.74) is 0.349. The van der Waals surface area contributed by atoms with E-state index in [9.17, 15) is 0 Å². The largest absolute Gasteiger partial charge is 0.313 e. The van der Waals surface area contributed by atoms with E-state index >= 15 is 0 Å². The van der Waals surface area contributed by atoms with Crippen molar-refractivity contribution in [2.24, 2.45) is 5.41 Å². The number of rotatable bonds is 7. The van der Waals surface area contributed by atoms with E-state index in [2.05, 4.69) is 60.4 Å². The lowest BCUT2D eigenvalue weighted by atomic mass is 9.83. The Morgan fingerprint density at radius 3 is 2.61 bits per heavy atom. The van der Waals surface area contributed by atoms with E-state index in [0.717, 1.165) is 6.54 Å². The van der Waals surface area contributed by atoms with Crippen molar-refractivity contribution in [3.63, 3.8) is 0 Å². The van der Waals surface area contributed by atoms with Gasteiger partial charge in [0.15, 0.2) is 0 Å². The number of halogens is 1. The van der Waals surface area contributed by atoms with Crippen molar-refractivity contribution in [2.75, 3.05) is 6.54 Å². The molecule has 0 radical (unpaired) electrons. The van der Waals surface area contributed by atoms with Crippen molar-refractivity contribution < 1.29 is 0 Å². The normalized spacial score (nSPS) is 13.8. The number of nitrogens with one attached hydrogen (secondary N) is 1. The second-order valence-corrected chi connectivity index (χ2v) is 7.81. The predicted molar refractivity (Wildman–Crippen MR) is 86.5 cm³/mol. The van der Waals surface area contributed by atoms with Crippen molar-refractivity contribution >= 4 is 27.3 Å².